The minimum absolute atomic E-state index is 0.0265. The quantitative estimate of drug-likeness (QED) is 0.566. The number of benzene rings is 1. The summed E-state index contributed by atoms with van der Waals surface area (Å²) in [4.78, 5) is 9.42. The van der Waals surface area contributed by atoms with Crippen molar-refractivity contribution in [2.24, 2.45) is 0 Å². The van der Waals surface area contributed by atoms with Crippen molar-refractivity contribution < 1.29 is 4.42 Å². The van der Waals surface area contributed by atoms with Gasteiger partial charge in [0, 0.05) is 16.3 Å². The van der Waals surface area contributed by atoms with E-state index in [1.807, 2.05) is 47.8 Å². The highest BCUT2D eigenvalue weighted by Crippen LogP contribution is 2.28. The molecule has 4 nitrogen and oxygen atoms in total. The zero-order valence-electron chi connectivity index (χ0n) is 12.6. The van der Waals surface area contributed by atoms with E-state index in [2.05, 4.69) is 22.6 Å². The average Bonchev–Trinajstić information content (AvgIpc) is 3.28. The number of nitrogens with one attached hydrogen (secondary N) is 1. The van der Waals surface area contributed by atoms with Gasteiger partial charge in [-0.05, 0) is 42.6 Å². The van der Waals surface area contributed by atoms with Gasteiger partial charge in [0.05, 0.1) is 17.8 Å². The summed E-state index contributed by atoms with van der Waals surface area (Å²) in [5, 5.41) is 8.55. The van der Waals surface area contributed by atoms with Crippen LogP contribution in [0.5, 0.6) is 0 Å². The number of aromatic nitrogens is 2. The fourth-order valence-corrected chi connectivity index (χ4v) is 3.16. The molecule has 5 heteroatoms. The van der Waals surface area contributed by atoms with E-state index in [0.717, 1.165) is 33.9 Å². The minimum Gasteiger partial charge on any atom is -0.467 e. The van der Waals surface area contributed by atoms with Crippen LogP contribution in [-0.2, 0) is 0 Å². The van der Waals surface area contributed by atoms with Gasteiger partial charge in [-0.2, -0.15) is 11.3 Å². The molecule has 23 heavy (non-hydrogen) atoms. The molecule has 1 N–H and O–H groups in total. The number of hydrogen-bond donors (Lipinski definition) is 1. The highest BCUT2D eigenvalue weighted by molar-refractivity contribution is 7.08. The number of furan rings is 1. The summed E-state index contributed by atoms with van der Waals surface area (Å²) < 4.78 is 5.48. The van der Waals surface area contributed by atoms with Crippen molar-refractivity contribution in [3.63, 3.8) is 0 Å². The van der Waals surface area contributed by atoms with Crippen molar-refractivity contribution >= 4 is 28.1 Å². The Morgan fingerprint density at radius 2 is 2.00 bits per heavy atom. The lowest BCUT2D eigenvalue weighted by molar-refractivity contribution is 0.490. The molecule has 0 aliphatic carbocycles. The number of para-hydroxylation sites is 1. The summed E-state index contributed by atoms with van der Waals surface area (Å²) in [6.07, 6.45) is 1.68. The van der Waals surface area contributed by atoms with Crippen molar-refractivity contribution in [3.05, 3.63) is 65.2 Å². The van der Waals surface area contributed by atoms with Crippen LogP contribution < -0.4 is 5.32 Å². The van der Waals surface area contributed by atoms with Gasteiger partial charge in [0.15, 0.2) is 5.82 Å². The molecule has 0 aliphatic heterocycles. The normalized spacial score (nSPS) is 12.4. The van der Waals surface area contributed by atoms with E-state index in [4.69, 9.17) is 9.40 Å². The molecule has 0 unspecified atom stereocenters. The molecule has 0 saturated carbocycles. The largest absolute Gasteiger partial charge is 0.467 e. The molecule has 0 radical (unpaired) electrons. The van der Waals surface area contributed by atoms with Gasteiger partial charge in [-0.15, -0.1) is 0 Å². The number of nitrogens with zero attached hydrogens (tertiary/aromatic N) is 2. The lowest BCUT2D eigenvalue weighted by atomic mass is 10.2. The van der Waals surface area contributed by atoms with Crippen molar-refractivity contribution in [1.82, 2.24) is 9.97 Å². The predicted octanol–water partition coefficient (Wildman–Crippen LogP) is 5.12. The van der Waals surface area contributed by atoms with Crippen LogP contribution in [0.2, 0.25) is 0 Å². The summed E-state index contributed by atoms with van der Waals surface area (Å²) in [5.74, 6) is 2.43. The molecule has 4 rings (SSSR count). The van der Waals surface area contributed by atoms with Crippen LogP contribution in [0.3, 0.4) is 0 Å². The molecule has 3 heterocycles. The van der Waals surface area contributed by atoms with Crippen molar-refractivity contribution in [1.29, 1.82) is 0 Å². The Bertz CT molecular complexity index is 917. The fourth-order valence-electron chi connectivity index (χ4n) is 2.52. The molecule has 0 bridgehead atoms. The first kappa shape index (κ1) is 14.0. The lowest BCUT2D eigenvalue weighted by Gasteiger charge is -2.15. The van der Waals surface area contributed by atoms with Gasteiger partial charge in [-0.25, -0.2) is 9.97 Å². The highest BCUT2D eigenvalue weighted by Gasteiger charge is 2.14. The van der Waals surface area contributed by atoms with Gasteiger partial charge in [-0.3, -0.25) is 0 Å². The molecule has 1 atom stereocenters. The Morgan fingerprint density at radius 3 is 2.78 bits per heavy atom. The van der Waals surface area contributed by atoms with E-state index >= 15 is 0 Å². The van der Waals surface area contributed by atoms with Crippen LogP contribution in [-0.4, -0.2) is 9.97 Å². The van der Waals surface area contributed by atoms with Gasteiger partial charge < -0.3 is 9.73 Å². The van der Waals surface area contributed by atoms with E-state index < -0.39 is 0 Å². The number of hydrogen-bond acceptors (Lipinski definition) is 5. The molecule has 0 fully saturated rings. The van der Waals surface area contributed by atoms with Gasteiger partial charge in [0.25, 0.3) is 0 Å². The summed E-state index contributed by atoms with van der Waals surface area (Å²) in [5.41, 5.74) is 1.97. The van der Waals surface area contributed by atoms with Crippen LogP contribution >= 0.6 is 11.3 Å². The monoisotopic (exact) mass is 321 g/mol. The Labute approximate surface area is 137 Å². The smallest absolute Gasteiger partial charge is 0.162 e. The molecule has 114 valence electrons. The first-order chi connectivity index (χ1) is 11.3. The van der Waals surface area contributed by atoms with Crippen LogP contribution in [0.4, 0.5) is 5.82 Å². The van der Waals surface area contributed by atoms with Crippen LogP contribution in [0.15, 0.2) is 63.9 Å². The van der Waals surface area contributed by atoms with Crippen LogP contribution in [0.1, 0.15) is 18.7 Å². The fraction of sp³-hybridized carbons (Fsp3) is 0.111. The first-order valence-corrected chi connectivity index (χ1v) is 8.35. The maximum atomic E-state index is 5.48. The molecule has 4 aromatic rings. The second kappa shape index (κ2) is 5.85. The molecule has 0 spiro atoms. The Kier molecular flexibility index (Phi) is 3.55. The third-order valence-corrected chi connectivity index (χ3v) is 4.39. The Hall–Kier alpha value is -2.66. The van der Waals surface area contributed by atoms with E-state index in [-0.39, 0.29) is 6.04 Å². The SMILES string of the molecule is C[C@@H](Nc1nc(-c2ccsc2)nc2ccccc12)c1ccco1. The highest BCUT2D eigenvalue weighted by atomic mass is 32.1. The summed E-state index contributed by atoms with van der Waals surface area (Å²) in [6.45, 7) is 2.06. The topological polar surface area (TPSA) is 51.0 Å². The Morgan fingerprint density at radius 1 is 1.09 bits per heavy atom. The van der Waals surface area contributed by atoms with E-state index in [1.165, 1.54) is 0 Å². The zero-order chi connectivity index (χ0) is 15.6. The van der Waals surface area contributed by atoms with E-state index in [9.17, 15) is 0 Å². The van der Waals surface area contributed by atoms with Crippen LogP contribution in [0, 0.1) is 0 Å². The lowest BCUT2D eigenvalue weighted by Crippen LogP contribution is -2.08. The number of rotatable bonds is 4. The van der Waals surface area contributed by atoms with Crippen molar-refractivity contribution in [3.8, 4) is 11.4 Å². The predicted molar refractivity (Wildman–Crippen MR) is 93.6 cm³/mol. The van der Waals surface area contributed by atoms with Crippen LogP contribution in [0.25, 0.3) is 22.3 Å². The summed E-state index contributed by atoms with van der Waals surface area (Å²) in [6, 6.07) is 13.9. The second-order valence-electron chi connectivity index (χ2n) is 5.31. The molecule has 0 amide bonds. The van der Waals surface area contributed by atoms with Gasteiger partial charge in [0.1, 0.15) is 11.6 Å². The first-order valence-electron chi connectivity index (χ1n) is 7.40. The third kappa shape index (κ3) is 2.71. The van der Waals surface area contributed by atoms with E-state index in [1.54, 1.807) is 17.6 Å². The standard InChI is InChI=1S/C18H15N3OS/c1-12(16-7-4-9-22-16)19-18-14-5-2-3-6-15(14)20-17(21-18)13-8-10-23-11-13/h2-12H,1H3,(H,19,20,21)/t12-/m1/s1. The number of fused-ring (bicyclic) bond motifs is 1. The molecular formula is C18H15N3OS. The number of thiophene rings is 1. The van der Waals surface area contributed by atoms with E-state index in [0.29, 0.717) is 0 Å². The number of anilines is 1. The van der Waals surface area contributed by atoms with Crippen molar-refractivity contribution in [2.75, 3.05) is 5.32 Å². The zero-order valence-corrected chi connectivity index (χ0v) is 13.4. The minimum atomic E-state index is 0.0265. The molecule has 0 saturated heterocycles. The third-order valence-electron chi connectivity index (χ3n) is 3.71. The second-order valence-corrected chi connectivity index (χ2v) is 6.09. The van der Waals surface area contributed by atoms with Gasteiger partial charge in [0.2, 0.25) is 0 Å². The Balaban J connectivity index is 1.80. The maximum absolute atomic E-state index is 5.48. The molecular weight excluding hydrogens is 306 g/mol. The average molecular weight is 321 g/mol. The molecule has 1 aromatic carbocycles. The maximum Gasteiger partial charge on any atom is 0.162 e. The molecule has 0 aliphatic rings. The van der Waals surface area contributed by atoms with Gasteiger partial charge in [-0.1, -0.05) is 12.1 Å². The van der Waals surface area contributed by atoms with Gasteiger partial charge >= 0.3 is 0 Å². The summed E-state index contributed by atoms with van der Waals surface area (Å²) >= 11 is 1.64. The molecule has 3 aromatic heterocycles. The van der Waals surface area contributed by atoms with Crippen molar-refractivity contribution in [2.45, 2.75) is 13.0 Å². The summed E-state index contributed by atoms with van der Waals surface area (Å²) in [7, 11) is 0.